The predicted molar refractivity (Wildman–Crippen MR) is 113 cm³/mol. The quantitative estimate of drug-likeness (QED) is 0.564. The molecule has 0 radical (unpaired) electrons. The summed E-state index contributed by atoms with van der Waals surface area (Å²) in [6.07, 6.45) is 6.58. The molecule has 0 aliphatic carbocycles. The number of hydrogen-bond acceptors (Lipinski definition) is 4. The van der Waals surface area contributed by atoms with Gasteiger partial charge in [0.2, 0.25) is 0 Å². The van der Waals surface area contributed by atoms with E-state index in [0.29, 0.717) is 19.0 Å². The Bertz CT molecular complexity index is 967. The normalized spacial score (nSPS) is 17.0. The van der Waals surface area contributed by atoms with Crippen molar-refractivity contribution in [1.82, 2.24) is 5.01 Å². The first-order valence-corrected chi connectivity index (χ1v) is 9.98. The number of hydrogen-bond donors (Lipinski definition) is 0. The third-order valence-electron chi connectivity index (χ3n) is 5.03. The predicted octanol–water partition coefficient (Wildman–Crippen LogP) is 5.64. The maximum absolute atomic E-state index is 11.3. The second kappa shape index (κ2) is 7.43. The molecule has 0 N–H and O–H groups in total. The minimum Gasteiger partial charge on any atom is -0.489 e. The number of ether oxygens (including phenoxy) is 2. The summed E-state index contributed by atoms with van der Waals surface area (Å²) in [7, 11) is 0. The number of allylic oxidation sites excluding steroid dienone is 2. The van der Waals surface area contributed by atoms with Crippen LogP contribution >= 0.6 is 15.9 Å². The van der Waals surface area contributed by atoms with Crippen LogP contribution in [0.15, 0.2) is 64.5 Å². The fourth-order valence-corrected chi connectivity index (χ4v) is 4.08. The first-order valence-electron chi connectivity index (χ1n) is 9.18. The van der Waals surface area contributed by atoms with Gasteiger partial charge in [0, 0.05) is 33.8 Å². The highest BCUT2D eigenvalue weighted by Gasteiger charge is 2.29. The van der Waals surface area contributed by atoms with E-state index in [1.165, 1.54) is 5.01 Å². The molecule has 2 aliphatic rings. The lowest BCUT2D eigenvalue weighted by Crippen LogP contribution is -2.35. The van der Waals surface area contributed by atoms with E-state index in [0.717, 1.165) is 38.9 Å². The first-order chi connectivity index (χ1) is 13.5. The van der Waals surface area contributed by atoms with Crippen molar-refractivity contribution in [2.24, 2.45) is 5.29 Å². The topological polar surface area (TPSA) is 51.1 Å². The van der Waals surface area contributed by atoms with Gasteiger partial charge in [-0.1, -0.05) is 42.5 Å². The van der Waals surface area contributed by atoms with Gasteiger partial charge in [0.05, 0.1) is 17.4 Å². The smallest absolute Gasteiger partial charge is 0.165 e. The van der Waals surface area contributed by atoms with Crippen LogP contribution < -0.4 is 9.47 Å². The van der Waals surface area contributed by atoms with Crippen molar-refractivity contribution in [2.75, 3.05) is 6.61 Å². The van der Waals surface area contributed by atoms with Gasteiger partial charge in [-0.3, -0.25) is 0 Å². The zero-order valence-electron chi connectivity index (χ0n) is 15.8. The maximum atomic E-state index is 11.3. The molecule has 2 aromatic carbocycles. The van der Waals surface area contributed by atoms with E-state index < -0.39 is 5.54 Å². The van der Waals surface area contributed by atoms with Gasteiger partial charge in [-0.05, 0) is 41.4 Å². The molecule has 2 heterocycles. The van der Waals surface area contributed by atoms with Crippen LogP contribution in [0.25, 0.3) is 5.57 Å². The van der Waals surface area contributed by atoms with Crippen LogP contribution in [0.4, 0.5) is 0 Å². The summed E-state index contributed by atoms with van der Waals surface area (Å²) >= 11 is 3.73. The molecular weight excluding hydrogens is 420 g/mol. The summed E-state index contributed by atoms with van der Waals surface area (Å²) in [6.45, 7) is 4.97. The summed E-state index contributed by atoms with van der Waals surface area (Å²) in [4.78, 5) is 11.3. The van der Waals surface area contributed by atoms with Crippen LogP contribution in [0.2, 0.25) is 0 Å². The molecule has 0 saturated heterocycles. The number of fused-ring (bicyclic) bond motifs is 1. The number of nitrogens with zero attached hydrogens (tertiary/aromatic N) is 2. The van der Waals surface area contributed by atoms with E-state index in [1.807, 2.05) is 62.4 Å². The Hall–Kier alpha value is -2.60. The minimum absolute atomic E-state index is 0.454. The van der Waals surface area contributed by atoms with Crippen molar-refractivity contribution in [3.05, 3.63) is 80.8 Å². The van der Waals surface area contributed by atoms with Gasteiger partial charge < -0.3 is 9.47 Å². The van der Waals surface area contributed by atoms with E-state index in [2.05, 4.69) is 21.2 Å². The van der Waals surface area contributed by atoms with Crippen molar-refractivity contribution in [2.45, 2.75) is 32.4 Å². The lowest BCUT2D eigenvalue weighted by Gasteiger charge is -2.32. The highest BCUT2D eigenvalue weighted by molar-refractivity contribution is 9.10. The Labute approximate surface area is 172 Å². The van der Waals surface area contributed by atoms with Crippen molar-refractivity contribution in [3.8, 4) is 11.5 Å². The summed E-state index contributed by atoms with van der Waals surface area (Å²) in [6, 6.07) is 12.0. The molecule has 2 aliphatic heterocycles. The lowest BCUT2D eigenvalue weighted by molar-refractivity contribution is 0.241. The zero-order valence-corrected chi connectivity index (χ0v) is 17.4. The number of rotatable bonds is 5. The van der Waals surface area contributed by atoms with E-state index in [4.69, 9.17) is 9.47 Å². The molecule has 6 heteroatoms. The van der Waals surface area contributed by atoms with Gasteiger partial charge in [-0.15, -0.1) is 4.91 Å². The molecule has 0 aromatic heterocycles. The van der Waals surface area contributed by atoms with E-state index in [-0.39, 0.29) is 0 Å². The van der Waals surface area contributed by atoms with E-state index >= 15 is 0 Å². The zero-order chi connectivity index (χ0) is 19.7. The standard InChI is InChI=1S/C22H21BrN2O3/c1-22(2)10-8-16(13-25(22)24-26)18-12-19(21-17(20(18)23)9-11-27-21)28-14-15-6-4-3-5-7-15/h3-8,10,12-13H,9,11,14H2,1-2H3. The van der Waals surface area contributed by atoms with Gasteiger partial charge in [0.1, 0.15) is 6.61 Å². The maximum Gasteiger partial charge on any atom is 0.165 e. The van der Waals surface area contributed by atoms with Gasteiger partial charge in [0.25, 0.3) is 0 Å². The third kappa shape index (κ3) is 3.44. The average molecular weight is 441 g/mol. The molecule has 0 bridgehead atoms. The molecule has 28 heavy (non-hydrogen) atoms. The highest BCUT2D eigenvalue weighted by Crippen LogP contribution is 2.45. The van der Waals surface area contributed by atoms with Crippen molar-refractivity contribution in [3.63, 3.8) is 0 Å². The molecule has 0 saturated carbocycles. The van der Waals surface area contributed by atoms with Gasteiger partial charge in [0.15, 0.2) is 11.5 Å². The summed E-state index contributed by atoms with van der Waals surface area (Å²) in [5, 5.41) is 4.59. The molecule has 2 aromatic rings. The molecule has 0 atom stereocenters. The minimum atomic E-state index is -0.454. The molecule has 0 amide bonds. The second-order valence-corrected chi connectivity index (χ2v) is 8.21. The van der Waals surface area contributed by atoms with Crippen LogP contribution in [-0.2, 0) is 13.0 Å². The number of nitroso groups, excluding NO2 is 1. The van der Waals surface area contributed by atoms with Gasteiger partial charge in [-0.2, -0.15) is 0 Å². The number of benzene rings is 2. The van der Waals surface area contributed by atoms with Crippen LogP contribution in [0.1, 0.15) is 30.5 Å². The Balaban J connectivity index is 1.72. The van der Waals surface area contributed by atoms with Crippen LogP contribution in [0, 0.1) is 4.91 Å². The SMILES string of the molecule is CC1(C)C=CC(c2cc(OCc3ccccc3)c3c(c2Br)CCO3)=CN1N=O. The van der Waals surface area contributed by atoms with Crippen LogP contribution in [0.5, 0.6) is 11.5 Å². The molecule has 4 rings (SSSR count). The molecule has 0 fully saturated rings. The average Bonchev–Trinajstić information content (AvgIpc) is 3.19. The summed E-state index contributed by atoms with van der Waals surface area (Å²) < 4.78 is 12.9. The monoisotopic (exact) mass is 440 g/mol. The van der Waals surface area contributed by atoms with Crippen LogP contribution in [-0.4, -0.2) is 17.2 Å². The summed E-state index contributed by atoms with van der Waals surface area (Å²) in [5.74, 6) is 1.50. The largest absolute Gasteiger partial charge is 0.489 e. The number of halogens is 1. The van der Waals surface area contributed by atoms with Crippen molar-refractivity contribution >= 4 is 21.5 Å². The van der Waals surface area contributed by atoms with E-state index in [9.17, 15) is 4.91 Å². The third-order valence-corrected chi connectivity index (χ3v) is 5.94. The fraction of sp³-hybridized carbons (Fsp3) is 0.273. The first kappa shape index (κ1) is 18.7. The Morgan fingerprint density at radius 2 is 2.07 bits per heavy atom. The van der Waals surface area contributed by atoms with Crippen LogP contribution in [0.3, 0.4) is 0 Å². The molecule has 0 unspecified atom stereocenters. The molecule has 5 nitrogen and oxygen atoms in total. The highest BCUT2D eigenvalue weighted by atomic mass is 79.9. The Morgan fingerprint density at radius 3 is 2.82 bits per heavy atom. The Kier molecular flexibility index (Phi) is 4.98. The van der Waals surface area contributed by atoms with Crippen molar-refractivity contribution in [1.29, 1.82) is 0 Å². The van der Waals surface area contributed by atoms with Crippen molar-refractivity contribution < 1.29 is 9.47 Å². The fourth-order valence-electron chi connectivity index (χ4n) is 3.36. The van der Waals surface area contributed by atoms with Gasteiger partial charge >= 0.3 is 0 Å². The molecular formula is C22H21BrN2O3. The van der Waals surface area contributed by atoms with E-state index in [1.54, 1.807) is 6.20 Å². The Morgan fingerprint density at radius 1 is 1.29 bits per heavy atom. The lowest BCUT2D eigenvalue weighted by atomic mass is 9.94. The van der Waals surface area contributed by atoms with Gasteiger partial charge in [-0.25, -0.2) is 5.01 Å². The molecule has 0 spiro atoms. The second-order valence-electron chi connectivity index (χ2n) is 7.41. The molecule has 144 valence electrons. The summed E-state index contributed by atoms with van der Waals surface area (Å²) in [5.41, 5.74) is 3.57.